The molecule has 0 N–H and O–H groups in total. The molecule has 20 heavy (non-hydrogen) atoms. The predicted molar refractivity (Wildman–Crippen MR) is 68.4 cm³/mol. The van der Waals surface area contributed by atoms with Crippen LogP contribution in [-0.4, -0.2) is 30.1 Å². The van der Waals surface area contributed by atoms with Crippen LogP contribution in [0.3, 0.4) is 0 Å². The Kier molecular flexibility index (Phi) is 7.53. The van der Waals surface area contributed by atoms with Crippen molar-refractivity contribution in [2.75, 3.05) is 0 Å². The van der Waals surface area contributed by atoms with Crippen LogP contribution in [0.2, 0.25) is 0 Å². The predicted octanol–water partition coefficient (Wildman–Crippen LogP) is 2.29. The maximum atomic E-state index is 11.4. The van der Waals surface area contributed by atoms with Gasteiger partial charge < -0.3 is 14.4 Å². The second-order valence-electron chi connectivity index (χ2n) is 4.69. The van der Waals surface area contributed by atoms with Crippen LogP contribution >= 0.6 is 0 Å². The molecule has 7 nitrogen and oxygen atoms in total. The van der Waals surface area contributed by atoms with Crippen molar-refractivity contribution in [2.24, 2.45) is 0 Å². The Balaban J connectivity index is 4.27. The lowest BCUT2D eigenvalue weighted by atomic mass is 10.1. The Morgan fingerprint density at radius 3 is 2.40 bits per heavy atom. The van der Waals surface area contributed by atoms with E-state index in [9.17, 15) is 14.4 Å². The second-order valence-corrected chi connectivity index (χ2v) is 4.69. The van der Waals surface area contributed by atoms with Gasteiger partial charge in [-0.3, -0.25) is 4.79 Å². The Bertz CT molecular complexity index is 384. The second kappa shape index (κ2) is 8.31. The van der Waals surface area contributed by atoms with Crippen molar-refractivity contribution in [3.63, 3.8) is 0 Å². The summed E-state index contributed by atoms with van der Waals surface area (Å²) in [4.78, 5) is 42.6. The van der Waals surface area contributed by atoms with Crippen LogP contribution < -0.4 is 0 Å². The van der Waals surface area contributed by atoms with E-state index in [2.05, 4.69) is 9.47 Å². The van der Waals surface area contributed by atoms with Crippen molar-refractivity contribution < 1.29 is 33.6 Å². The van der Waals surface area contributed by atoms with Gasteiger partial charge in [-0.15, -0.1) is 0 Å². The highest BCUT2D eigenvalue weighted by Crippen LogP contribution is 2.14. The van der Waals surface area contributed by atoms with Crippen LogP contribution in [0.5, 0.6) is 0 Å². The van der Waals surface area contributed by atoms with Crippen LogP contribution in [0.15, 0.2) is 11.8 Å². The summed E-state index contributed by atoms with van der Waals surface area (Å²) in [7, 11) is 0. The Labute approximate surface area is 117 Å². The summed E-state index contributed by atoms with van der Waals surface area (Å²) in [5, 5.41) is 0. The number of aldehydes is 1. The minimum atomic E-state index is -1.25. The molecule has 0 aliphatic rings. The summed E-state index contributed by atoms with van der Waals surface area (Å²) in [6.07, 6.45) is -0.101. The van der Waals surface area contributed by atoms with E-state index in [0.717, 1.165) is 6.26 Å². The first-order valence-electron chi connectivity index (χ1n) is 6.11. The molecule has 1 atom stereocenters. The van der Waals surface area contributed by atoms with Crippen LogP contribution in [0.25, 0.3) is 0 Å². The van der Waals surface area contributed by atoms with Crippen molar-refractivity contribution in [1.29, 1.82) is 0 Å². The van der Waals surface area contributed by atoms with E-state index in [4.69, 9.17) is 9.78 Å². The third-order valence-electron chi connectivity index (χ3n) is 2.32. The van der Waals surface area contributed by atoms with Crippen molar-refractivity contribution in [3.8, 4) is 0 Å². The molecule has 0 spiro atoms. The standard InChI is InChI=1S/C13H20O7/c1-6-13(4,5)20-17-8-9(2)11(15)19-12(16)18-10(3)7-14/h7-8,10H,6H2,1-5H3. The molecule has 0 saturated heterocycles. The Morgan fingerprint density at radius 2 is 1.90 bits per heavy atom. The topological polar surface area (TPSA) is 88.1 Å². The molecule has 0 fully saturated rings. The first kappa shape index (κ1) is 18.1. The van der Waals surface area contributed by atoms with Crippen molar-refractivity contribution in [1.82, 2.24) is 0 Å². The van der Waals surface area contributed by atoms with Crippen molar-refractivity contribution in [3.05, 3.63) is 11.8 Å². The quantitative estimate of drug-likeness (QED) is 0.135. The third kappa shape index (κ3) is 7.52. The molecule has 0 aromatic heterocycles. The number of carbonyl (C=O) groups is 3. The largest absolute Gasteiger partial charge is 0.517 e. The van der Waals surface area contributed by atoms with Gasteiger partial charge in [-0.25, -0.2) is 9.59 Å². The molecule has 0 aliphatic heterocycles. The highest BCUT2D eigenvalue weighted by Gasteiger charge is 2.19. The summed E-state index contributed by atoms with van der Waals surface area (Å²) < 4.78 is 8.78. The van der Waals surface area contributed by atoms with E-state index < -0.39 is 23.8 Å². The molecule has 0 aromatic carbocycles. The minimum absolute atomic E-state index is 0.00705. The number of rotatable bonds is 7. The lowest BCUT2D eigenvalue weighted by Gasteiger charge is -2.20. The van der Waals surface area contributed by atoms with Gasteiger partial charge in [0.15, 0.2) is 12.4 Å². The zero-order chi connectivity index (χ0) is 15.8. The van der Waals surface area contributed by atoms with E-state index in [1.807, 2.05) is 20.8 Å². The molecule has 0 aromatic rings. The molecule has 0 heterocycles. The van der Waals surface area contributed by atoms with E-state index in [1.54, 1.807) is 0 Å². The van der Waals surface area contributed by atoms with Crippen LogP contribution in [0, 0.1) is 0 Å². The minimum Gasteiger partial charge on any atom is -0.423 e. The van der Waals surface area contributed by atoms with Gasteiger partial charge in [-0.05, 0) is 34.1 Å². The number of hydrogen-bond acceptors (Lipinski definition) is 7. The summed E-state index contributed by atoms with van der Waals surface area (Å²) in [5.41, 5.74) is -0.494. The Morgan fingerprint density at radius 1 is 1.30 bits per heavy atom. The van der Waals surface area contributed by atoms with E-state index in [1.165, 1.54) is 13.8 Å². The summed E-state index contributed by atoms with van der Waals surface area (Å²) in [5.74, 6) is -0.953. The Hall–Kier alpha value is -1.89. The number of hydrogen-bond donors (Lipinski definition) is 0. The van der Waals surface area contributed by atoms with Gasteiger partial charge in [0.05, 0.1) is 5.57 Å². The summed E-state index contributed by atoms with van der Waals surface area (Å²) in [6.45, 7) is 8.25. The van der Waals surface area contributed by atoms with Gasteiger partial charge in [-0.2, -0.15) is 4.89 Å². The number of carbonyl (C=O) groups excluding carboxylic acids is 3. The van der Waals surface area contributed by atoms with Gasteiger partial charge in [0, 0.05) is 0 Å². The van der Waals surface area contributed by atoms with Gasteiger partial charge in [0.1, 0.15) is 11.9 Å². The normalized spacial score (nSPS) is 13.3. The third-order valence-corrected chi connectivity index (χ3v) is 2.32. The fourth-order valence-corrected chi connectivity index (χ4v) is 0.693. The van der Waals surface area contributed by atoms with Crippen LogP contribution in [0.4, 0.5) is 4.79 Å². The molecule has 1 unspecified atom stereocenters. The van der Waals surface area contributed by atoms with Gasteiger partial charge >= 0.3 is 12.1 Å². The highest BCUT2D eigenvalue weighted by atomic mass is 17.2. The van der Waals surface area contributed by atoms with Gasteiger partial charge in [0.2, 0.25) is 0 Å². The summed E-state index contributed by atoms with van der Waals surface area (Å²) >= 11 is 0. The van der Waals surface area contributed by atoms with Crippen molar-refractivity contribution >= 4 is 18.4 Å². The monoisotopic (exact) mass is 288 g/mol. The molecule has 0 bridgehead atoms. The molecule has 0 saturated carbocycles. The summed E-state index contributed by atoms with van der Waals surface area (Å²) in [6, 6.07) is 0. The zero-order valence-electron chi connectivity index (χ0n) is 12.3. The maximum Gasteiger partial charge on any atom is 0.517 e. The van der Waals surface area contributed by atoms with Crippen LogP contribution in [-0.2, 0) is 28.8 Å². The molecule has 0 rings (SSSR count). The maximum absolute atomic E-state index is 11.4. The average Bonchev–Trinajstić information content (AvgIpc) is 2.37. The fraction of sp³-hybridized carbons (Fsp3) is 0.615. The first-order valence-corrected chi connectivity index (χ1v) is 6.11. The van der Waals surface area contributed by atoms with E-state index in [-0.39, 0.29) is 5.57 Å². The van der Waals surface area contributed by atoms with Gasteiger partial charge in [-0.1, -0.05) is 6.92 Å². The fourth-order valence-electron chi connectivity index (χ4n) is 0.693. The van der Waals surface area contributed by atoms with Crippen molar-refractivity contribution in [2.45, 2.75) is 52.7 Å². The number of esters is 1. The smallest absolute Gasteiger partial charge is 0.423 e. The molecule has 7 heteroatoms. The molecular formula is C13H20O7. The molecule has 0 amide bonds. The van der Waals surface area contributed by atoms with E-state index >= 15 is 0 Å². The molecule has 114 valence electrons. The molecule has 0 radical (unpaired) electrons. The lowest BCUT2D eigenvalue weighted by molar-refractivity contribution is -0.317. The average molecular weight is 288 g/mol. The SMILES string of the molecule is CCC(C)(C)OOC=C(C)C(=O)OC(=O)OC(C)C=O. The lowest BCUT2D eigenvalue weighted by Crippen LogP contribution is -2.22. The first-order chi connectivity index (χ1) is 9.21. The molecule has 0 aliphatic carbocycles. The van der Waals surface area contributed by atoms with E-state index in [0.29, 0.717) is 12.7 Å². The van der Waals surface area contributed by atoms with Crippen LogP contribution in [0.1, 0.15) is 41.0 Å². The number of ether oxygens (including phenoxy) is 2. The zero-order valence-corrected chi connectivity index (χ0v) is 12.3. The molecular weight excluding hydrogens is 268 g/mol. The highest BCUT2D eigenvalue weighted by molar-refractivity contribution is 5.94. The van der Waals surface area contributed by atoms with Gasteiger partial charge in [0.25, 0.3) is 0 Å².